The molecule has 6 heteroatoms. The zero-order valence-electron chi connectivity index (χ0n) is 10.9. The molecule has 0 aliphatic carbocycles. The molecule has 0 aliphatic heterocycles. The Morgan fingerprint density at radius 1 is 1.15 bits per heavy atom. The highest BCUT2D eigenvalue weighted by molar-refractivity contribution is 5.81. The standard InChI is InChI=1S/C14H11F2N3O/c1-19-13-11(16)4-9(15)5-12(13)18-14(19)8-3-10(20-2)7-17-6-8/h3-7H,1-2H3. The van der Waals surface area contributed by atoms with Crippen molar-refractivity contribution >= 4 is 11.0 Å². The van der Waals surface area contributed by atoms with Crippen LogP contribution in [-0.4, -0.2) is 21.6 Å². The molecule has 1 aromatic carbocycles. The maximum atomic E-state index is 13.8. The summed E-state index contributed by atoms with van der Waals surface area (Å²) in [7, 11) is 3.20. The van der Waals surface area contributed by atoms with Crippen LogP contribution in [0.1, 0.15) is 0 Å². The van der Waals surface area contributed by atoms with E-state index in [9.17, 15) is 8.78 Å². The van der Waals surface area contributed by atoms with E-state index in [1.165, 1.54) is 13.2 Å². The van der Waals surface area contributed by atoms with Crippen molar-refractivity contribution in [2.45, 2.75) is 0 Å². The lowest BCUT2D eigenvalue weighted by atomic mass is 10.2. The number of fused-ring (bicyclic) bond motifs is 1. The quantitative estimate of drug-likeness (QED) is 0.722. The molecular formula is C14H11F2N3O. The van der Waals surface area contributed by atoms with E-state index < -0.39 is 11.6 Å². The third-order valence-corrected chi connectivity index (χ3v) is 3.09. The van der Waals surface area contributed by atoms with E-state index in [0.717, 1.165) is 6.07 Å². The van der Waals surface area contributed by atoms with Gasteiger partial charge >= 0.3 is 0 Å². The Labute approximate surface area is 113 Å². The summed E-state index contributed by atoms with van der Waals surface area (Å²) in [6.45, 7) is 0. The molecular weight excluding hydrogens is 264 g/mol. The Hall–Kier alpha value is -2.50. The molecule has 0 atom stereocenters. The van der Waals surface area contributed by atoms with Crippen LogP contribution in [0.4, 0.5) is 8.78 Å². The van der Waals surface area contributed by atoms with E-state index in [0.29, 0.717) is 17.1 Å². The number of ether oxygens (including phenoxy) is 1. The minimum Gasteiger partial charge on any atom is -0.495 e. The van der Waals surface area contributed by atoms with Gasteiger partial charge in [0.15, 0.2) is 5.82 Å². The van der Waals surface area contributed by atoms with Crippen molar-refractivity contribution in [1.29, 1.82) is 0 Å². The Balaban J connectivity index is 2.26. The second kappa shape index (κ2) is 4.56. The molecule has 0 saturated heterocycles. The number of nitrogens with zero attached hydrogens (tertiary/aromatic N) is 3. The first-order valence-electron chi connectivity index (χ1n) is 5.91. The lowest BCUT2D eigenvalue weighted by Gasteiger charge is -2.04. The first-order chi connectivity index (χ1) is 9.60. The zero-order chi connectivity index (χ0) is 14.3. The molecule has 0 radical (unpaired) electrons. The highest BCUT2D eigenvalue weighted by Crippen LogP contribution is 2.27. The highest BCUT2D eigenvalue weighted by atomic mass is 19.1. The fourth-order valence-corrected chi connectivity index (χ4v) is 2.18. The SMILES string of the molecule is COc1cncc(-c2nc3cc(F)cc(F)c3n2C)c1. The van der Waals surface area contributed by atoms with Crippen LogP contribution in [0.3, 0.4) is 0 Å². The van der Waals surface area contributed by atoms with Crippen LogP contribution >= 0.6 is 0 Å². The fourth-order valence-electron chi connectivity index (χ4n) is 2.18. The van der Waals surface area contributed by atoms with Crippen LogP contribution in [0.25, 0.3) is 22.4 Å². The second-order valence-electron chi connectivity index (χ2n) is 4.36. The van der Waals surface area contributed by atoms with Gasteiger partial charge in [-0.3, -0.25) is 4.98 Å². The third kappa shape index (κ3) is 1.89. The number of hydrogen-bond donors (Lipinski definition) is 0. The van der Waals surface area contributed by atoms with Gasteiger partial charge in [-0.2, -0.15) is 0 Å². The molecule has 0 N–H and O–H groups in total. The number of imidazole rings is 1. The molecule has 0 amide bonds. The molecule has 20 heavy (non-hydrogen) atoms. The molecule has 3 rings (SSSR count). The van der Waals surface area contributed by atoms with Crippen LogP contribution in [0.15, 0.2) is 30.6 Å². The van der Waals surface area contributed by atoms with Gasteiger partial charge in [0, 0.05) is 30.9 Å². The minimum atomic E-state index is -0.650. The van der Waals surface area contributed by atoms with Crippen molar-refractivity contribution < 1.29 is 13.5 Å². The molecule has 102 valence electrons. The van der Waals surface area contributed by atoms with Gasteiger partial charge in [0.2, 0.25) is 0 Å². The van der Waals surface area contributed by atoms with Crippen LogP contribution in [-0.2, 0) is 7.05 Å². The second-order valence-corrected chi connectivity index (χ2v) is 4.36. The summed E-state index contributed by atoms with van der Waals surface area (Å²) >= 11 is 0. The first kappa shape index (κ1) is 12.5. The largest absolute Gasteiger partial charge is 0.495 e. The monoisotopic (exact) mass is 275 g/mol. The number of aryl methyl sites for hydroxylation is 1. The number of rotatable bonds is 2. The smallest absolute Gasteiger partial charge is 0.152 e. The van der Waals surface area contributed by atoms with E-state index in [1.54, 1.807) is 30.1 Å². The first-order valence-corrected chi connectivity index (χ1v) is 5.91. The Morgan fingerprint density at radius 3 is 2.70 bits per heavy atom. The molecule has 2 aromatic heterocycles. The maximum absolute atomic E-state index is 13.8. The van der Waals surface area contributed by atoms with Crippen LogP contribution < -0.4 is 4.74 Å². The molecule has 0 unspecified atom stereocenters. The Bertz CT molecular complexity index is 798. The summed E-state index contributed by atoms with van der Waals surface area (Å²) in [5.41, 5.74) is 1.19. The summed E-state index contributed by atoms with van der Waals surface area (Å²) in [4.78, 5) is 8.30. The van der Waals surface area contributed by atoms with Crippen LogP contribution in [0.2, 0.25) is 0 Å². The molecule has 0 aliphatic rings. The predicted octanol–water partition coefficient (Wildman–Crippen LogP) is 2.92. The minimum absolute atomic E-state index is 0.254. The van der Waals surface area contributed by atoms with Crippen LogP contribution in [0, 0.1) is 11.6 Å². The molecule has 2 heterocycles. The van der Waals surface area contributed by atoms with Gasteiger partial charge in [0.05, 0.1) is 18.8 Å². The van der Waals surface area contributed by atoms with Crippen molar-refractivity contribution in [3.63, 3.8) is 0 Å². The third-order valence-electron chi connectivity index (χ3n) is 3.09. The van der Waals surface area contributed by atoms with Gasteiger partial charge in [-0.25, -0.2) is 13.8 Å². The molecule has 0 fully saturated rings. The lowest BCUT2D eigenvalue weighted by molar-refractivity contribution is 0.413. The van der Waals surface area contributed by atoms with Gasteiger partial charge in [0.1, 0.15) is 22.9 Å². The summed E-state index contributed by atoms with van der Waals surface area (Å²) in [6, 6.07) is 3.79. The van der Waals surface area contributed by atoms with Crippen LogP contribution in [0.5, 0.6) is 5.75 Å². The average molecular weight is 275 g/mol. The summed E-state index contributed by atoms with van der Waals surface area (Å²) in [5, 5.41) is 0. The van der Waals surface area contributed by atoms with Crippen molar-refractivity contribution in [1.82, 2.24) is 14.5 Å². The van der Waals surface area contributed by atoms with Gasteiger partial charge in [0.25, 0.3) is 0 Å². The molecule has 4 nitrogen and oxygen atoms in total. The summed E-state index contributed by atoms with van der Waals surface area (Å²) < 4.78 is 33.7. The van der Waals surface area contributed by atoms with Crippen molar-refractivity contribution in [3.8, 4) is 17.1 Å². The molecule has 3 aromatic rings. The zero-order valence-corrected chi connectivity index (χ0v) is 10.9. The van der Waals surface area contributed by atoms with Crippen molar-refractivity contribution in [2.24, 2.45) is 7.05 Å². The number of hydrogen-bond acceptors (Lipinski definition) is 3. The topological polar surface area (TPSA) is 39.9 Å². The molecule has 0 spiro atoms. The summed E-state index contributed by atoms with van der Waals surface area (Å²) in [6.07, 6.45) is 3.16. The fraction of sp³-hybridized carbons (Fsp3) is 0.143. The molecule has 0 bridgehead atoms. The Morgan fingerprint density at radius 2 is 1.95 bits per heavy atom. The van der Waals surface area contributed by atoms with E-state index in [1.807, 2.05) is 0 Å². The molecule has 0 saturated carbocycles. The van der Waals surface area contributed by atoms with Gasteiger partial charge < -0.3 is 9.30 Å². The van der Waals surface area contributed by atoms with Gasteiger partial charge in [-0.05, 0) is 6.07 Å². The van der Waals surface area contributed by atoms with E-state index in [-0.39, 0.29) is 11.0 Å². The number of pyridine rings is 1. The lowest BCUT2D eigenvalue weighted by Crippen LogP contribution is -1.95. The Kier molecular flexibility index (Phi) is 2.85. The number of benzene rings is 1. The van der Waals surface area contributed by atoms with E-state index in [4.69, 9.17) is 4.74 Å². The summed E-state index contributed by atoms with van der Waals surface area (Å²) in [5.74, 6) is -0.224. The van der Waals surface area contributed by atoms with Crippen molar-refractivity contribution in [2.75, 3.05) is 7.11 Å². The van der Waals surface area contributed by atoms with E-state index in [2.05, 4.69) is 9.97 Å². The van der Waals surface area contributed by atoms with E-state index >= 15 is 0 Å². The van der Waals surface area contributed by atoms with Gasteiger partial charge in [-0.15, -0.1) is 0 Å². The number of aromatic nitrogens is 3. The number of methoxy groups -OCH3 is 1. The predicted molar refractivity (Wildman–Crippen MR) is 70.4 cm³/mol. The highest BCUT2D eigenvalue weighted by Gasteiger charge is 2.15. The average Bonchev–Trinajstić information content (AvgIpc) is 2.76. The van der Waals surface area contributed by atoms with Gasteiger partial charge in [-0.1, -0.05) is 0 Å². The maximum Gasteiger partial charge on any atom is 0.152 e. The number of halogens is 2. The van der Waals surface area contributed by atoms with Crippen molar-refractivity contribution in [3.05, 3.63) is 42.2 Å². The normalized spacial score (nSPS) is 11.0.